The lowest BCUT2D eigenvalue weighted by atomic mass is 10.1. The van der Waals surface area contributed by atoms with E-state index in [9.17, 15) is 18.0 Å². The average molecular weight is 416 g/mol. The summed E-state index contributed by atoms with van der Waals surface area (Å²) in [6.45, 7) is 0. The molecule has 0 atom stereocenters. The van der Waals surface area contributed by atoms with Crippen LogP contribution in [0.2, 0.25) is 5.02 Å². The van der Waals surface area contributed by atoms with Crippen LogP contribution in [0.4, 0.5) is 18.9 Å². The van der Waals surface area contributed by atoms with Gasteiger partial charge < -0.3 is 10.3 Å². The summed E-state index contributed by atoms with van der Waals surface area (Å²) in [6, 6.07) is 12.8. The molecule has 4 aromatic rings. The second kappa shape index (κ2) is 7.25. The van der Waals surface area contributed by atoms with E-state index in [0.29, 0.717) is 5.69 Å². The van der Waals surface area contributed by atoms with Gasteiger partial charge in [-0.05, 0) is 36.4 Å². The number of benzene rings is 2. The molecule has 0 saturated carbocycles. The van der Waals surface area contributed by atoms with Gasteiger partial charge in [0.2, 0.25) is 5.91 Å². The lowest BCUT2D eigenvalue weighted by Gasteiger charge is -2.11. The molecule has 0 radical (unpaired) electrons. The lowest BCUT2D eigenvalue weighted by molar-refractivity contribution is -0.137. The summed E-state index contributed by atoms with van der Waals surface area (Å²) in [5.41, 5.74) is 1.38. The smallest absolute Gasteiger partial charge is 0.353 e. The summed E-state index contributed by atoms with van der Waals surface area (Å²) in [5, 5.41) is 3.96. The molecule has 0 aliphatic rings. The number of halogens is 4. The summed E-state index contributed by atoms with van der Waals surface area (Å²) >= 11 is 5.58. The molecule has 0 aliphatic carbocycles. The minimum atomic E-state index is -4.60. The largest absolute Gasteiger partial charge is 0.417 e. The molecule has 4 rings (SSSR count). The minimum absolute atomic E-state index is 0.00332. The number of carbonyl (C=O) groups is 1. The maximum absolute atomic E-state index is 12.9. The summed E-state index contributed by atoms with van der Waals surface area (Å²) in [6.07, 6.45) is -0.226. The number of aromatic amines is 1. The van der Waals surface area contributed by atoms with Crippen LogP contribution >= 0.6 is 11.6 Å². The molecule has 0 spiro atoms. The van der Waals surface area contributed by atoms with E-state index in [-0.39, 0.29) is 5.69 Å². The molecule has 2 aromatic heterocycles. The first-order valence-corrected chi connectivity index (χ1v) is 8.91. The molecule has 146 valence electrons. The van der Waals surface area contributed by atoms with Gasteiger partial charge in [-0.1, -0.05) is 29.8 Å². The fourth-order valence-corrected chi connectivity index (χ4v) is 3.25. The standard InChI is InChI=1S/C21H13ClF3N3O/c22-17-7-5-13(10-16(17)21(23,24)25)27-20(29)8-6-12-9-15-14-3-1-2-4-18(14)28-19(15)11-26-12/h1-11,28H,(H,27,29)/b8-6+. The Balaban J connectivity index is 1.55. The number of anilines is 1. The number of pyridine rings is 1. The quantitative estimate of drug-likeness (QED) is 0.401. The Bertz CT molecular complexity index is 1260. The Morgan fingerprint density at radius 2 is 1.86 bits per heavy atom. The van der Waals surface area contributed by atoms with Crippen molar-refractivity contribution in [3.05, 3.63) is 77.1 Å². The molecule has 2 aromatic carbocycles. The zero-order chi connectivity index (χ0) is 20.6. The fourth-order valence-electron chi connectivity index (χ4n) is 3.02. The van der Waals surface area contributed by atoms with Crippen LogP contribution < -0.4 is 5.32 Å². The fraction of sp³-hybridized carbons (Fsp3) is 0.0476. The average Bonchev–Trinajstić information content (AvgIpc) is 3.05. The van der Waals surface area contributed by atoms with Gasteiger partial charge in [-0.3, -0.25) is 9.78 Å². The molecule has 0 fully saturated rings. The predicted octanol–water partition coefficient (Wildman–Crippen LogP) is 6.04. The highest BCUT2D eigenvalue weighted by Gasteiger charge is 2.33. The van der Waals surface area contributed by atoms with Crippen LogP contribution in [-0.2, 0) is 11.0 Å². The van der Waals surface area contributed by atoms with E-state index in [0.717, 1.165) is 33.9 Å². The Morgan fingerprint density at radius 3 is 2.66 bits per heavy atom. The van der Waals surface area contributed by atoms with Crippen molar-refractivity contribution >= 4 is 51.1 Å². The molecular formula is C21H13ClF3N3O. The first-order valence-electron chi connectivity index (χ1n) is 8.53. The van der Waals surface area contributed by atoms with Crippen LogP contribution in [0.1, 0.15) is 11.3 Å². The van der Waals surface area contributed by atoms with Crippen LogP contribution in [0.25, 0.3) is 27.9 Å². The van der Waals surface area contributed by atoms with Gasteiger partial charge in [0.15, 0.2) is 0 Å². The van der Waals surface area contributed by atoms with E-state index in [1.807, 2.05) is 30.3 Å². The number of aromatic nitrogens is 2. The Kier molecular flexibility index (Phi) is 4.76. The number of nitrogens with one attached hydrogen (secondary N) is 2. The number of nitrogens with zero attached hydrogens (tertiary/aromatic N) is 1. The van der Waals surface area contributed by atoms with Crippen molar-refractivity contribution in [2.24, 2.45) is 0 Å². The first kappa shape index (κ1) is 19.0. The van der Waals surface area contributed by atoms with E-state index in [2.05, 4.69) is 15.3 Å². The van der Waals surface area contributed by atoms with Gasteiger partial charge in [0.05, 0.1) is 28.0 Å². The zero-order valence-electron chi connectivity index (χ0n) is 14.7. The Morgan fingerprint density at radius 1 is 1.07 bits per heavy atom. The van der Waals surface area contributed by atoms with Gasteiger partial charge in [0, 0.05) is 28.1 Å². The third kappa shape index (κ3) is 3.95. The van der Waals surface area contributed by atoms with Crippen molar-refractivity contribution < 1.29 is 18.0 Å². The summed E-state index contributed by atoms with van der Waals surface area (Å²) < 4.78 is 38.8. The molecule has 29 heavy (non-hydrogen) atoms. The molecule has 0 saturated heterocycles. The van der Waals surface area contributed by atoms with Crippen molar-refractivity contribution in [2.75, 3.05) is 5.32 Å². The number of fused-ring (bicyclic) bond motifs is 3. The van der Waals surface area contributed by atoms with Crippen molar-refractivity contribution in [2.45, 2.75) is 6.18 Å². The van der Waals surface area contributed by atoms with E-state index in [1.165, 1.54) is 18.2 Å². The van der Waals surface area contributed by atoms with Gasteiger partial charge >= 0.3 is 6.18 Å². The van der Waals surface area contributed by atoms with Crippen LogP contribution in [0.3, 0.4) is 0 Å². The number of hydrogen-bond donors (Lipinski definition) is 2. The lowest BCUT2D eigenvalue weighted by Crippen LogP contribution is -2.11. The summed E-state index contributed by atoms with van der Waals surface area (Å²) in [7, 11) is 0. The molecule has 0 bridgehead atoms. The first-order chi connectivity index (χ1) is 13.8. The van der Waals surface area contributed by atoms with Gasteiger partial charge in [-0.2, -0.15) is 13.2 Å². The third-order valence-electron chi connectivity index (χ3n) is 4.36. The maximum atomic E-state index is 12.9. The van der Waals surface area contributed by atoms with Gasteiger partial charge in [-0.15, -0.1) is 0 Å². The molecule has 8 heteroatoms. The zero-order valence-corrected chi connectivity index (χ0v) is 15.5. The highest BCUT2D eigenvalue weighted by atomic mass is 35.5. The van der Waals surface area contributed by atoms with Crippen LogP contribution in [0.5, 0.6) is 0 Å². The van der Waals surface area contributed by atoms with Gasteiger partial charge in [-0.25, -0.2) is 0 Å². The topological polar surface area (TPSA) is 57.8 Å². The van der Waals surface area contributed by atoms with E-state index in [4.69, 9.17) is 11.6 Å². The number of H-pyrrole nitrogens is 1. The molecule has 2 N–H and O–H groups in total. The van der Waals surface area contributed by atoms with Crippen molar-refractivity contribution in [3.63, 3.8) is 0 Å². The summed E-state index contributed by atoms with van der Waals surface area (Å²) in [5.74, 6) is -0.582. The van der Waals surface area contributed by atoms with Gasteiger partial charge in [0.25, 0.3) is 0 Å². The molecule has 0 aliphatic heterocycles. The number of rotatable bonds is 3. The van der Waals surface area contributed by atoms with Crippen LogP contribution in [-0.4, -0.2) is 15.9 Å². The number of alkyl halides is 3. The molecule has 4 nitrogen and oxygen atoms in total. The minimum Gasteiger partial charge on any atom is -0.353 e. The highest BCUT2D eigenvalue weighted by Crippen LogP contribution is 2.36. The Labute approximate surface area is 168 Å². The second-order valence-corrected chi connectivity index (χ2v) is 6.75. The van der Waals surface area contributed by atoms with Crippen LogP contribution in [0, 0.1) is 0 Å². The predicted molar refractivity (Wildman–Crippen MR) is 108 cm³/mol. The SMILES string of the molecule is O=C(/C=C/c1cc2c(cn1)[nH]c1ccccc12)Nc1ccc(Cl)c(C(F)(F)F)c1. The van der Waals surface area contributed by atoms with Gasteiger partial charge in [0.1, 0.15) is 0 Å². The monoisotopic (exact) mass is 415 g/mol. The molecular weight excluding hydrogens is 403 g/mol. The van der Waals surface area contributed by atoms with Crippen molar-refractivity contribution in [3.8, 4) is 0 Å². The third-order valence-corrected chi connectivity index (χ3v) is 4.69. The van der Waals surface area contributed by atoms with Crippen molar-refractivity contribution in [1.29, 1.82) is 0 Å². The molecule has 1 amide bonds. The molecule has 0 unspecified atom stereocenters. The Hall–Kier alpha value is -3.32. The molecule has 2 heterocycles. The van der Waals surface area contributed by atoms with Crippen LogP contribution in [0.15, 0.2) is 60.8 Å². The maximum Gasteiger partial charge on any atom is 0.417 e. The van der Waals surface area contributed by atoms with E-state index in [1.54, 1.807) is 6.20 Å². The highest BCUT2D eigenvalue weighted by molar-refractivity contribution is 6.31. The normalized spacial score (nSPS) is 12.1. The van der Waals surface area contributed by atoms with Crippen molar-refractivity contribution in [1.82, 2.24) is 9.97 Å². The summed E-state index contributed by atoms with van der Waals surface area (Å²) in [4.78, 5) is 19.6. The number of amides is 1. The number of hydrogen-bond acceptors (Lipinski definition) is 2. The van der Waals surface area contributed by atoms with E-state index < -0.39 is 22.7 Å². The number of para-hydroxylation sites is 1. The second-order valence-electron chi connectivity index (χ2n) is 6.34. The number of carbonyl (C=O) groups excluding carboxylic acids is 1. The van der Waals surface area contributed by atoms with E-state index >= 15 is 0 Å².